The molecule has 352 valence electrons. The number of aromatic nitrogens is 1. The summed E-state index contributed by atoms with van der Waals surface area (Å²) >= 11 is 7.21. The van der Waals surface area contributed by atoms with E-state index in [2.05, 4.69) is 5.32 Å². The molecule has 0 amide bonds. The smallest absolute Gasteiger partial charge is 0.303 e. The average Bonchev–Trinajstić information content (AvgIpc) is 3.76. The Morgan fingerprint density at radius 1 is 0.701 bits per heavy atom. The molecule has 1 unspecified atom stereocenters. The number of rotatable bonds is 17. The van der Waals surface area contributed by atoms with Gasteiger partial charge in [-0.05, 0) is 16.7 Å². The molecule has 15 nitrogen and oxygen atoms in total. The molecule has 2 aliphatic rings. The fraction of sp³-hybridized carbons (Fsp3) is 0.360. The van der Waals surface area contributed by atoms with Crippen molar-refractivity contribution < 1.29 is 61.9 Å². The predicted octanol–water partition coefficient (Wildman–Crippen LogP) is 7.77. The molecule has 2 saturated heterocycles. The summed E-state index contributed by atoms with van der Waals surface area (Å²) < 4.78 is 47.7. The van der Waals surface area contributed by atoms with Gasteiger partial charge in [0, 0.05) is 69.5 Å². The van der Waals surface area contributed by atoms with Crippen molar-refractivity contribution in [1.82, 2.24) is 10.3 Å². The van der Waals surface area contributed by atoms with Crippen LogP contribution in [-0.2, 0) is 65.5 Å². The Morgan fingerprint density at radius 3 is 1.90 bits per heavy atom. The summed E-state index contributed by atoms with van der Waals surface area (Å²) in [5.74, 6) is -1.51. The largest absolute Gasteiger partial charge is 0.463 e. The normalized spacial score (nSPS) is 22.5. The van der Waals surface area contributed by atoms with Gasteiger partial charge in [0.2, 0.25) is 0 Å². The molecule has 5 aromatic rings. The molecule has 0 radical (unpaired) electrons. The second-order valence-electron chi connectivity index (χ2n) is 16.0. The van der Waals surface area contributed by atoms with E-state index in [-0.39, 0.29) is 31.8 Å². The van der Waals surface area contributed by atoms with E-state index in [9.17, 15) is 24.3 Å². The Morgan fingerprint density at radius 2 is 1.28 bits per heavy atom. The van der Waals surface area contributed by atoms with Crippen LogP contribution in [0.1, 0.15) is 75.2 Å². The zero-order valence-electron chi connectivity index (χ0n) is 37.4. The van der Waals surface area contributed by atoms with Crippen molar-refractivity contribution in [3.63, 3.8) is 0 Å². The molecular formula is C50H52N2O13S2. The SMILES string of the molecule is CC(=O)OC[C@H]1O[C@@H](CC(=S)NCc2ccc(C3O[C@H](CSc4nc(-c5ccccc5)c(-c5ccccc5)o4)C[C@H](c4ccc(CO)cc4)O3)cc2)[C@H](OC(C)=O)[C@@H](OC(C)=O)[C@@H]1OC(C)=O. The summed E-state index contributed by atoms with van der Waals surface area (Å²) in [7, 11) is 0. The number of hydrogen-bond acceptors (Lipinski definition) is 16. The van der Waals surface area contributed by atoms with Crippen molar-refractivity contribution >= 4 is 52.8 Å². The number of nitrogens with zero attached hydrogens (tertiary/aromatic N) is 1. The highest BCUT2D eigenvalue weighted by Crippen LogP contribution is 2.41. The van der Waals surface area contributed by atoms with Crippen molar-refractivity contribution in [2.24, 2.45) is 0 Å². The maximum Gasteiger partial charge on any atom is 0.303 e. The first-order chi connectivity index (χ1) is 32.3. The van der Waals surface area contributed by atoms with Crippen molar-refractivity contribution in [2.45, 2.75) is 108 Å². The molecule has 0 bridgehead atoms. The Balaban J connectivity index is 1.04. The van der Waals surface area contributed by atoms with Gasteiger partial charge in [0.15, 0.2) is 30.4 Å². The summed E-state index contributed by atoms with van der Waals surface area (Å²) in [6, 6.07) is 35.3. The minimum atomic E-state index is -1.29. The lowest BCUT2D eigenvalue weighted by molar-refractivity contribution is -0.251. The van der Waals surface area contributed by atoms with E-state index in [1.807, 2.05) is 109 Å². The highest BCUT2D eigenvalue weighted by molar-refractivity contribution is 7.99. The van der Waals surface area contributed by atoms with Gasteiger partial charge in [-0.3, -0.25) is 19.2 Å². The minimum absolute atomic E-state index is 0.00494. The number of hydrogen-bond donors (Lipinski definition) is 2. The molecule has 3 heterocycles. The van der Waals surface area contributed by atoms with Crippen LogP contribution in [0.15, 0.2) is 119 Å². The van der Waals surface area contributed by atoms with Crippen molar-refractivity contribution in [3.8, 4) is 22.6 Å². The zero-order valence-corrected chi connectivity index (χ0v) is 39.0. The number of thiocarbonyl (C=S) groups is 1. The van der Waals surface area contributed by atoms with Crippen LogP contribution in [-0.4, -0.2) is 87.9 Å². The van der Waals surface area contributed by atoms with Crippen LogP contribution in [0.4, 0.5) is 0 Å². The lowest BCUT2D eigenvalue weighted by Gasteiger charge is -2.44. The molecule has 2 aliphatic heterocycles. The second-order valence-corrected chi connectivity index (χ2v) is 17.5. The number of oxazole rings is 1. The lowest BCUT2D eigenvalue weighted by Crippen LogP contribution is -2.62. The van der Waals surface area contributed by atoms with Crippen LogP contribution in [0.3, 0.4) is 0 Å². The fourth-order valence-electron chi connectivity index (χ4n) is 7.86. The van der Waals surface area contributed by atoms with Gasteiger partial charge < -0.3 is 48.0 Å². The first-order valence-corrected chi connectivity index (χ1v) is 23.1. The quantitative estimate of drug-likeness (QED) is 0.0397. The Bertz CT molecular complexity index is 2410. The molecule has 0 aliphatic carbocycles. The topological polar surface area (TPSA) is 191 Å². The van der Waals surface area contributed by atoms with Gasteiger partial charge in [-0.25, -0.2) is 4.98 Å². The van der Waals surface area contributed by atoms with Crippen molar-refractivity contribution in [3.05, 3.63) is 131 Å². The van der Waals surface area contributed by atoms with Crippen molar-refractivity contribution in [2.75, 3.05) is 12.4 Å². The van der Waals surface area contributed by atoms with Crippen LogP contribution in [0, 0.1) is 0 Å². The van der Waals surface area contributed by atoms with E-state index in [0.29, 0.717) is 34.7 Å². The number of ether oxygens (including phenoxy) is 7. The third-order valence-electron chi connectivity index (χ3n) is 10.9. The molecule has 17 heteroatoms. The van der Waals surface area contributed by atoms with Gasteiger partial charge >= 0.3 is 23.9 Å². The van der Waals surface area contributed by atoms with E-state index < -0.39 is 60.7 Å². The van der Waals surface area contributed by atoms with Gasteiger partial charge in [-0.15, -0.1) is 0 Å². The van der Waals surface area contributed by atoms with Gasteiger partial charge in [0.1, 0.15) is 24.5 Å². The number of carbonyl (C=O) groups is 4. The van der Waals surface area contributed by atoms with Crippen LogP contribution in [0.5, 0.6) is 0 Å². The van der Waals surface area contributed by atoms with E-state index in [1.165, 1.54) is 32.5 Å². The first kappa shape index (κ1) is 49.0. The number of nitrogens with one attached hydrogen (secondary N) is 1. The Labute approximate surface area is 397 Å². The van der Waals surface area contributed by atoms with E-state index in [1.54, 1.807) is 0 Å². The standard InChI is InChI=1S/C50H52N2O13S2/c1-29(54)58-27-42-47(60-31(3)56)48(61-32(4)57)46(59-30(2)55)41(63-42)24-43(66)51-25-33-15-21-38(22-16-33)49-62-39(23-40(64-49)35-19-17-34(26-53)18-20-35)28-67-50-52-44(36-11-7-5-8-12-36)45(65-50)37-13-9-6-10-14-37/h5-22,39-42,46-49,53H,23-28H2,1-4H3,(H,51,66)/t39-,40+,41-,42+,46-,47+,48+,49?/m0/s1. The predicted molar refractivity (Wildman–Crippen MR) is 249 cm³/mol. The third kappa shape index (κ3) is 13.4. The lowest BCUT2D eigenvalue weighted by atomic mass is 9.92. The molecule has 2 N–H and O–H groups in total. The summed E-state index contributed by atoms with van der Waals surface area (Å²) in [6.45, 7) is 4.64. The summed E-state index contributed by atoms with van der Waals surface area (Å²) in [6.07, 6.45) is -6.53. The molecule has 4 aromatic carbocycles. The number of aliphatic hydroxyl groups excluding tert-OH is 1. The highest BCUT2D eigenvalue weighted by Gasteiger charge is 2.52. The fourth-order valence-corrected chi connectivity index (χ4v) is 8.93. The monoisotopic (exact) mass is 952 g/mol. The van der Waals surface area contributed by atoms with Gasteiger partial charge in [-0.2, -0.15) is 0 Å². The number of carbonyl (C=O) groups excluding carboxylic acids is 4. The Hall–Kier alpha value is -5.95. The van der Waals surface area contributed by atoms with Crippen LogP contribution >= 0.6 is 24.0 Å². The maximum absolute atomic E-state index is 12.3. The van der Waals surface area contributed by atoms with Gasteiger partial charge in [0.05, 0.1) is 23.8 Å². The summed E-state index contributed by atoms with van der Waals surface area (Å²) in [4.78, 5) is 53.7. The summed E-state index contributed by atoms with van der Waals surface area (Å²) in [5.41, 5.74) is 6.07. The first-order valence-electron chi connectivity index (χ1n) is 21.7. The number of aliphatic hydroxyl groups is 1. The second kappa shape index (κ2) is 23.2. The molecule has 67 heavy (non-hydrogen) atoms. The van der Waals surface area contributed by atoms with E-state index >= 15 is 0 Å². The van der Waals surface area contributed by atoms with Crippen LogP contribution < -0.4 is 5.32 Å². The van der Waals surface area contributed by atoms with Crippen LogP contribution in [0.25, 0.3) is 22.6 Å². The van der Waals surface area contributed by atoms with Crippen molar-refractivity contribution in [1.29, 1.82) is 0 Å². The van der Waals surface area contributed by atoms with E-state index in [4.69, 9.17) is 54.8 Å². The summed E-state index contributed by atoms with van der Waals surface area (Å²) in [5, 5.41) is 13.4. The van der Waals surface area contributed by atoms with Gasteiger partial charge in [-0.1, -0.05) is 133 Å². The third-order valence-corrected chi connectivity index (χ3v) is 12.2. The molecule has 8 atom stereocenters. The Kier molecular flexibility index (Phi) is 16.9. The maximum atomic E-state index is 12.3. The zero-order chi connectivity index (χ0) is 47.5. The van der Waals surface area contributed by atoms with Crippen LogP contribution in [0.2, 0.25) is 0 Å². The number of benzene rings is 4. The minimum Gasteiger partial charge on any atom is -0.463 e. The molecular weight excluding hydrogens is 901 g/mol. The highest BCUT2D eigenvalue weighted by atomic mass is 32.2. The molecule has 0 saturated carbocycles. The molecule has 2 fully saturated rings. The molecule has 0 spiro atoms. The molecule has 1 aromatic heterocycles. The van der Waals surface area contributed by atoms with E-state index in [0.717, 1.165) is 46.0 Å². The number of esters is 4. The molecule has 7 rings (SSSR count). The van der Waals surface area contributed by atoms with Gasteiger partial charge in [0.25, 0.3) is 5.22 Å². The number of thioether (sulfide) groups is 1. The average molecular weight is 953 g/mol.